The molecule has 0 spiro atoms. The molecule has 1 aliphatic rings. The van der Waals surface area contributed by atoms with Gasteiger partial charge in [0.15, 0.2) is 5.69 Å². The highest BCUT2D eigenvalue weighted by molar-refractivity contribution is 5.94. The van der Waals surface area contributed by atoms with Crippen LogP contribution < -0.4 is 16.4 Å². The first-order valence-corrected chi connectivity index (χ1v) is 7.59. The Kier molecular flexibility index (Phi) is 5.94. The van der Waals surface area contributed by atoms with Crippen molar-refractivity contribution in [3.8, 4) is 0 Å². The van der Waals surface area contributed by atoms with Gasteiger partial charge in [0.1, 0.15) is 0 Å². The fraction of sp³-hybridized carbons (Fsp3) is 0.312. The molecule has 0 bridgehead atoms. The monoisotopic (exact) mass is 349 g/mol. The maximum Gasteiger partial charge on any atom is 0.272 e. The van der Waals surface area contributed by atoms with E-state index in [9.17, 15) is 9.59 Å². The molecular weight excluding hydrogens is 330 g/mol. The highest BCUT2D eigenvalue weighted by Gasteiger charge is 2.21. The number of hydrogen-bond acceptors (Lipinski definition) is 4. The number of H-pyrrole nitrogens is 1. The van der Waals surface area contributed by atoms with E-state index in [0.717, 1.165) is 29.8 Å². The van der Waals surface area contributed by atoms with Gasteiger partial charge in [-0.05, 0) is 24.1 Å². The molecule has 2 amide bonds. The quantitative estimate of drug-likeness (QED) is 0.631. The summed E-state index contributed by atoms with van der Waals surface area (Å²) in [5, 5.41) is 13.2. The number of aromatic nitrogens is 2. The largest absolute Gasteiger partial charge is 0.366 e. The Morgan fingerprint density at radius 2 is 2.17 bits per heavy atom. The third kappa shape index (κ3) is 3.93. The van der Waals surface area contributed by atoms with Gasteiger partial charge in [0.25, 0.3) is 5.91 Å². The van der Waals surface area contributed by atoms with Crippen molar-refractivity contribution >= 4 is 24.2 Å². The third-order valence-corrected chi connectivity index (χ3v) is 3.93. The molecule has 8 heteroatoms. The van der Waals surface area contributed by atoms with Crippen LogP contribution in [0.25, 0.3) is 0 Å². The Hall–Kier alpha value is -2.38. The zero-order valence-corrected chi connectivity index (χ0v) is 13.9. The average Bonchev–Trinajstić information content (AvgIpc) is 2.99. The summed E-state index contributed by atoms with van der Waals surface area (Å²) in [6.45, 7) is 2.03. The van der Waals surface area contributed by atoms with E-state index < -0.39 is 5.91 Å². The smallest absolute Gasteiger partial charge is 0.272 e. The Balaban J connectivity index is 0.00000208. The number of fused-ring (bicyclic) bond motifs is 1. The van der Waals surface area contributed by atoms with Crippen LogP contribution in [0.5, 0.6) is 0 Å². The van der Waals surface area contributed by atoms with E-state index >= 15 is 0 Å². The Morgan fingerprint density at radius 3 is 2.96 bits per heavy atom. The zero-order chi connectivity index (χ0) is 16.2. The van der Waals surface area contributed by atoms with E-state index in [2.05, 4.69) is 20.8 Å². The lowest BCUT2D eigenvalue weighted by molar-refractivity contribution is 0.0946. The maximum atomic E-state index is 12.2. The van der Waals surface area contributed by atoms with Crippen molar-refractivity contribution in [1.82, 2.24) is 20.8 Å². The second-order valence-corrected chi connectivity index (χ2v) is 5.53. The lowest BCUT2D eigenvalue weighted by atomic mass is 10.1. The van der Waals surface area contributed by atoms with Gasteiger partial charge in [-0.1, -0.05) is 12.1 Å². The number of halogens is 1. The molecule has 0 saturated heterocycles. The Bertz CT molecular complexity index is 744. The molecule has 128 valence electrons. The van der Waals surface area contributed by atoms with Crippen LogP contribution in [-0.2, 0) is 19.4 Å². The summed E-state index contributed by atoms with van der Waals surface area (Å²) in [5.74, 6) is -0.635. The molecule has 24 heavy (non-hydrogen) atoms. The number of primary amides is 1. The molecule has 0 radical (unpaired) electrons. The van der Waals surface area contributed by atoms with Gasteiger partial charge in [0, 0.05) is 42.9 Å². The van der Waals surface area contributed by atoms with Crippen LogP contribution >= 0.6 is 12.4 Å². The number of hydrogen-bond donors (Lipinski definition) is 4. The molecular formula is C16H20ClN5O2. The molecule has 7 nitrogen and oxygen atoms in total. The first-order valence-electron chi connectivity index (χ1n) is 7.59. The number of nitrogens with one attached hydrogen (secondary N) is 3. The van der Waals surface area contributed by atoms with E-state index in [1.807, 2.05) is 6.07 Å². The van der Waals surface area contributed by atoms with E-state index in [1.54, 1.807) is 18.2 Å². The van der Waals surface area contributed by atoms with Crippen molar-refractivity contribution in [1.29, 1.82) is 0 Å². The van der Waals surface area contributed by atoms with Crippen LogP contribution in [-0.4, -0.2) is 35.1 Å². The molecule has 1 aromatic carbocycles. The van der Waals surface area contributed by atoms with Crippen molar-refractivity contribution in [2.75, 3.05) is 13.1 Å². The molecule has 0 fully saturated rings. The molecule has 0 atom stereocenters. The molecule has 2 heterocycles. The molecule has 1 aromatic heterocycles. The number of carbonyl (C=O) groups excluding carboxylic acids is 2. The van der Waals surface area contributed by atoms with Crippen molar-refractivity contribution in [3.05, 3.63) is 52.3 Å². The van der Waals surface area contributed by atoms with Crippen LogP contribution in [0.15, 0.2) is 24.3 Å². The molecule has 0 saturated carbocycles. The van der Waals surface area contributed by atoms with Crippen LogP contribution in [0.1, 0.15) is 37.7 Å². The van der Waals surface area contributed by atoms with Gasteiger partial charge < -0.3 is 16.4 Å². The van der Waals surface area contributed by atoms with Crippen molar-refractivity contribution < 1.29 is 9.59 Å². The first-order chi connectivity index (χ1) is 11.1. The molecule has 1 aliphatic heterocycles. The lowest BCUT2D eigenvalue weighted by Crippen LogP contribution is -2.29. The normalized spacial score (nSPS) is 12.8. The molecule has 5 N–H and O–H groups in total. The van der Waals surface area contributed by atoms with E-state index in [4.69, 9.17) is 5.73 Å². The number of amides is 2. The van der Waals surface area contributed by atoms with Crippen molar-refractivity contribution in [2.45, 2.75) is 19.4 Å². The summed E-state index contributed by atoms with van der Waals surface area (Å²) in [7, 11) is 0. The van der Waals surface area contributed by atoms with E-state index in [0.29, 0.717) is 30.8 Å². The molecule has 3 rings (SSSR count). The minimum absolute atomic E-state index is 0. The second kappa shape index (κ2) is 7.94. The molecule has 0 unspecified atom stereocenters. The number of nitrogens with zero attached hydrogens (tertiary/aromatic N) is 1. The summed E-state index contributed by atoms with van der Waals surface area (Å²) < 4.78 is 0. The number of benzene rings is 1. The second-order valence-electron chi connectivity index (χ2n) is 5.53. The van der Waals surface area contributed by atoms with Crippen molar-refractivity contribution in [3.63, 3.8) is 0 Å². The van der Waals surface area contributed by atoms with Crippen LogP contribution in [0.3, 0.4) is 0 Å². The lowest BCUT2D eigenvalue weighted by Gasteiger charge is -2.12. The number of carbonyl (C=O) groups is 2. The number of rotatable bonds is 5. The molecule has 2 aromatic rings. The fourth-order valence-electron chi connectivity index (χ4n) is 2.70. The number of aromatic amines is 1. The van der Waals surface area contributed by atoms with Gasteiger partial charge in [0.05, 0.1) is 0 Å². The standard InChI is InChI=1S/C16H19N5O2.ClH/c17-15(22)11-3-1-2-10(8-11)4-7-19-16(23)14-12-9-18-6-5-13(12)20-21-14;/h1-3,8,18H,4-7,9H2,(H2,17,22)(H,19,23)(H,20,21);1H. The third-order valence-electron chi connectivity index (χ3n) is 3.93. The molecule has 0 aliphatic carbocycles. The fourth-order valence-corrected chi connectivity index (χ4v) is 2.70. The maximum absolute atomic E-state index is 12.2. The van der Waals surface area contributed by atoms with Crippen LogP contribution in [0, 0.1) is 0 Å². The Morgan fingerprint density at radius 1 is 1.33 bits per heavy atom. The predicted molar refractivity (Wildman–Crippen MR) is 92.2 cm³/mol. The predicted octanol–water partition coefficient (Wildman–Crippen LogP) is 0.549. The van der Waals surface area contributed by atoms with Crippen molar-refractivity contribution in [2.24, 2.45) is 5.73 Å². The van der Waals surface area contributed by atoms with E-state index in [1.165, 1.54) is 0 Å². The summed E-state index contributed by atoms with van der Waals surface area (Å²) in [6, 6.07) is 7.11. The van der Waals surface area contributed by atoms with E-state index in [-0.39, 0.29) is 18.3 Å². The summed E-state index contributed by atoms with van der Waals surface area (Å²) in [4.78, 5) is 23.4. The number of nitrogens with two attached hydrogens (primary N) is 1. The van der Waals surface area contributed by atoms with Gasteiger partial charge in [-0.3, -0.25) is 14.7 Å². The topological polar surface area (TPSA) is 113 Å². The van der Waals surface area contributed by atoms with Gasteiger partial charge in [0.2, 0.25) is 5.91 Å². The highest BCUT2D eigenvalue weighted by Crippen LogP contribution is 2.15. The zero-order valence-electron chi connectivity index (χ0n) is 13.1. The van der Waals surface area contributed by atoms with Crippen LogP contribution in [0.4, 0.5) is 0 Å². The van der Waals surface area contributed by atoms with Gasteiger partial charge in [-0.25, -0.2) is 0 Å². The first kappa shape index (κ1) is 18.0. The van der Waals surface area contributed by atoms with Gasteiger partial charge in [-0.2, -0.15) is 5.10 Å². The van der Waals surface area contributed by atoms with Crippen LogP contribution in [0.2, 0.25) is 0 Å². The summed E-state index contributed by atoms with van der Waals surface area (Å²) >= 11 is 0. The van der Waals surface area contributed by atoms with Gasteiger partial charge in [-0.15, -0.1) is 12.4 Å². The SMILES string of the molecule is Cl.NC(=O)c1cccc(CCNC(=O)c2n[nH]c3c2CNCC3)c1. The summed E-state index contributed by atoms with van der Waals surface area (Å²) in [5.41, 5.74) is 9.12. The minimum Gasteiger partial charge on any atom is -0.366 e. The highest BCUT2D eigenvalue weighted by atomic mass is 35.5. The average molecular weight is 350 g/mol. The minimum atomic E-state index is -0.452. The van der Waals surface area contributed by atoms with Gasteiger partial charge >= 0.3 is 0 Å². The Labute approximate surface area is 145 Å². The summed E-state index contributed by atoms with van der Waals surface area (Å²) in [6.07, 6.45) is 1.48.